The number of unbranched alkanes of at least 4 members (excludes halogenated alkanes) is 1. The van der Waals surface area contributed by atoms with Crippen LogP contribution in [0.4, 0.5) is 23.0 Å². The van der Waals surface area contributed by atoms with Crippen LogP contribution in [-0.4, -0.2) is 26.4 Å². The van der Waals surface area contributed by atoms with Crippen LogP contribution in [0, 0.1) is 10.1 Å². The van der Waals surface area contributed by atoms with Crippen molar-refractivity contribution in [3.05, 3.63) is 39.9 Å². The molecule has 8 nitrogen and oxygen atoms in total. The molecule has 0 saturated carbocycles. The van der Waals surface area contributed by atoms with Crippen LogP contribution in [0.1, 0.15) is 19.8 Å². The van der Waals surface area contributed by atoms with E-state index in [1.54, 1.807) is 12.1 Å². The normalized spacial score (nSPS) is 10.3. The quantitative estimate of drug-likeness (QED) is 0.348. The zero-order valence-corrected chi connectivity index (χ0v) is 12.7. The van der Waals surface area contributed by atoms with Gasteiger partial charge in [-0.3, -0.25) is 10.1 Å². The highest BCUT2D eigenvalue weighted by Gasteiger charge is 2.23. The number of hydrogen-bond donors (Lipinski definition) is 2. The van der Waals surface area contributed by atoms with Crippen molar-refractivity contribution in [1.29, 1.82) is 0 Å². The van der Waals surface area contributed by atoms with Crippen molar-refractivity contribution in [3.8, 4) is 0 Å². The molecule has 0 fully saturated rings. The molecule has 0 aliphatic heterocycles. The van der Waals surface area contributed by atoms with E-state index < -0.39 is 4.92 Å². The van der Waals surface area contributed by atoms with E-state index in [4.69, 9.17) is 11.6 Å². The summed E-state index contributed by atoms with van der Waals surface area (Å²) < 4.78 is 0. The van der Waals surface area contributed by atoms with Crippen LogP contribution in [0.25, 0.3) is 0 Å². The van der Waals surface area contributed by atoms with Gasteiger partial charge in [0, 0.05) is 12.7 Å². The monoisotopic (exact) mass is 322 g/mol. The summed E-state index contributed by atoms with van der Waals surface area (Å²) in [7, 11) is 0. The number of nitro groups is 1. The fraction of sp³-hybridized carbons (Fsp3) is 0.308. The van der Waals surface area contributed by atoms with E-state index in [1.807, 2.05) is 6.92 Å². The maximum Gasteiger partial charge on any atom is 0.353 e. The SMILES string of the molecule is CCCCNc1ncnc(Nc2cccnc2Cl)c1[N+](=O)[O-]. The molecule has 9 heteroatoms. The Morgan fingerprint density at radius 2 is 2.09 bits per heavy atom. The molecule has 2 heterocycles. The molecule has 22 heavy (non-hydrogen) atoms. The summed E-state index contributed by atoms with van der Waals surface area (Å²) >= 11 is 5.95. The third-order valence-corrected chi connectivity index (χ3v) is 3.14. The number of halogens is 1. The second-order valence-corrected chi connectivity index (χ2v) is 4.78. The Hall–Kier alpha value is -2.48. The standard InChI is InChI=1S/C13H15ClN6O2/c1-2-3-6-16-12-10(20(21)22)13(18-8-17-12)19-9-5-4-7-15-11(9)14/h4-5,7-8H,2-3,6H2,1H3,(H2,16,17,18,19). The van der Waals surface area contributed by atoms with E-state index >= 15 is 0 Å². The molecule has 2 rings (SSSR count). The lowest BCUT2D eigenvalue weighted by molar-refractivity contribution is -0.383. The van der Waals surface area contributed by atoms with Gasteiger partial charge in [0.05, 0.1) is 10.6 Å². The van der Waals surface area contributed by atoms with Crippen LogP contribution in [0.2, 0.25) is 5.15 Å². The minimum absolute atomic E-state index is 0.0638. The Kier molecular flexibility index (Phi) is 5.42. The van der Waals surface area contributed by atoms with Crippen molar-refractivity contribution in [3.63, 3.8) is 0 Å². The molecule has 0 aromatic carbocycles. The predicted octanol–water partition coefficient (Wildman–Crippen LogP) is 3.39. The van der Waals surface area contributed by atoms with Gasteiger partial charge in [-0.05, 0) is 18.6 Å². The van der Waals surface area contributed by atoms with Crippen molar-refractivity contribution in [2.75, 3.05) is 17.2 Å². The van der Waals surface area contributed by atoms with Gasteiger partial charge in [0.25, 0.3) is 0 Å². The topological polar surface area (TPSA) is 106 Å². The Labute approximate surface area is 132 Å². The molecule has 0 atom stereocenters. The van der Waals surface area contributed by atoms with Gasteiger partial charge in [-0.1, -0.05) is 24.9 Å². The Morgan fingerprint density at radius 3 is 2.77 bits per heavy atom. The molecule has 0 saturated heterocycles. The van der Waals surface area contributed by atoms with Crippen molar-refractivity contribution in [2.24, 2.45) is 0 Å². The van der Waals surface area contributed by atoms with E-state index in [0.29, 0.717) is 12.2 Å². The van der Waals surface area contributed by atoms with E-state index in [9.17, 15) is 10.1 Å². The summed E-state index contributed by atoms with van der Waals surface area (Å²) in [5.74, 6) is 0.241. The molecule has 0 radical (unpaired) electrons. The number of nitrogens with one attached hydrogen (secondary N) is 2. The second-order valence-electron chi connectivity index (χ2n) is 4.42. The van der Waals surface area contributed by atoms with Crippen LogP contribution in [0.5, 0.6) is 0 Å². The van der Waals surface area contributed by atoms with Crippen LogP contribution in [0.15, 0.2) is 24.7 Å². The molecular weight excluding hydrogens is 308 g/mol. The molecule has 2 aromatic rings. The number of anilines is 3. The summed E-state index contributed by atoms with van der Waals surface area (Å²) in [6.07, 6.45) is 4.65. The molecule has 2 aromatic heterocycles. The highest BCUT2D eigenvalue weighted by atomic mass is 35.5. The fourth-order valence-corrected chi connectivity index (χ4v) is 1.93. The van der Waals surface area contributed by atoms with Gasteiger partial charge >= 0.3 is 5.69 Å². The summed E-state index contributed by atoms with van der Waals surface area (Å²) in [6, 6.07) is 3.33. The first-order valence-electron chi connectivity index (χ1n) is 6.74. The first-order valence-corrected chi connectivity index (χ1v) is 7.12. The lowest BCUT2D eigenvalue weighted by Crippen LogP contribution is -2.09. The number of nitrogens with zero attached hydrogens (tertiary/aromatic N) is 4. The molecule has 0 unspecified atom stereocenters. The molecule has 0 amide bonds. The van der Waals surface area contributed by atoms with Crippen LogP contribution < -0.4 is 10.6 Å². The van der Waals surface area contributed by atoms with E-state index in [0.717, 1.165) is 12.8 Å². The number of pyridine rings is 1. The van der Waals surface area contributed by atoms with Crippen molar-refractivity contribution in [2.45, 2.75) is 19.8 Å². The van der Waals surface area contributed by atoms with Gasteiger partial charge in [-0.15, -0.1) is 0 Å². The van der Waals surface area contributed by atoms with Crippen molar-refractivity contribution < 1.29 is 4.92 Å². The lowest BCUT2D eigenvalue weighted by Gasteiger charge is -2.10. The van der Waals surface area contributed by atoms with Gasteiger partial charge < -0.3 is 10.6 Å². The minimum atomic E-state index is -0.527. The minimum Gasteiger partial charge on any atom is -0.364 e. The average molecular weight is 323 g/mol. The maximum absolute atomic E-state index is 11.3. The molecule has 116 valence electrons. The Bertz CT molecular complexity index is 667. The van der Waals surface area contributed by atoms with Crippen LogP contribution in [0.3, 0.4) is 0 Å². The first-order chi connectivity index (χ1) is 10.6. The summed E-state index contributed by atoms with van der Waals surface area (Å²) in [5, 5.41) is 17.3. The van der Waals surface area contributed by atoms with Gasteiger partial charge in [-0.2, -0.15) is 0 Å². The molecular formula is C13H15ClN6O2. The molecule has 2 N–H and O–H groups in total. The molecule has 0 spiro atoms. The zero-order chi connectivity index (χ0) is 15.9. The molecule has 0 aliphatic rings. The Balaban J connectivity index is 2.32. The first kappa shape index (κ1) is 15.9. The summed E-state index contributed by atoms with van der Waals surface area (Å²) in [6.45, 7) is 2.63. The van der Waals surface area contributed by atoms with Gasteiger partial charge in [0.2, 0.25) is 11.6 Å². The fourth-order valence-electron chi connectivity index (χ4n) is 1.76. The second kappa shape index (κ2) is 7.51. The lowest BCUT2D eigenvalue weighted by atomic mass is 10.3. The third-order valence-electron chi connectivity index (χ3n) is 2.84. The van der Waals surface area contributed by atoms with Crippen molar-refractivity contribution >= 4 is 34.6 Å². The van der Waals surface area contributed by atoms with E-state index in [2.05, 4.69) is 25.6 Å². The highest BCUT2D eigenvalue weighted by Crippen LogP contribution is 2.32. The summed E-state index contributed by atoms with van der Waals surface area (Å²) in [5.41, 5.74) is 0.212. The molecule has 0 bridgehead atoms. The van der Waals surface area contributed by atoms with Gasteiger partial charge in [0.1, 0.15) is 6.33 Å². The third kappa shape index (κ3) is 3.79. The number of hydrogen-bond acceptors (Lipinski definition) is 7. The predicted molar refractivity (Wildman–Crippen MR) is 84.6 cm³/mol. The van der Waals surface area contributed by atoms with E-state index in [1.165, 1.54) is 12.5 Å². The number of aromatic nitrogens is 3. The molecule has 0 aliphatic carbocycles. The zero-order valence-electron chi connectivity index (χ0n) is 11.9. The Morgan fingerprint density at radius 1 is 1.32 bits per heavy atom. The van der Waals surface area contributed by atoms with Crippen LogP contribution >= 0.6 is 11.6 Å². The van der Waals surface area contributed by atoms with Gasteiger partial charge in [-0.25, -0.2) is 15.0 Å². The summed E-state index contributed by atoms with van der Waals surface area (Å²) in [4.78, 5) is 22.6. The maximum atomic E-state index is 11.3. The largest absolute Gasteiger partial charge is 0.364 e. The average Bonchev–Trinajstić information content (AvgIpc) is 2.50. The van der Waals surface area contributed by atoms with E-state index in [-0.39, 0.29) is 22.5 Å². The smallest absolute Gasteiger partial charge is 0.353 e. The van der Waals surface area contributed by atoms with Crippen LogP contribution in [-0.2, 0) is 0 Å². The number of rotatable bonds is 7. The van der Waals surface area contributed by atoms with Gasteiger partial charge in [0.15, 0.2) is 5.15 Å². The highest BCUT2D eigenvalue weighted by molar-refractivity contribution is 6.32. The van der Waals surface area contributed by atoms with Crippen molar-refractivity contribution in [1.82, 2.24) is 15.0 Å².